The summed E-state index contributed by atoms with van der Waals surface area (Å²) >= 11 is 1.99. The maximum absolute atomic E-state index is 12.0. The van der Waals surface area contributed by atoms with Gasteiger partial charge in [-0.1, -0.05) is 0 Å². The van der Waals surface area contributed by atoms with Crippen molar-refractivity contribution in [3.8, 4) is 0 Å². The second kappa shape index (κ2) is 6.10. The molecule has 0 aromatic carbocycles. The summed E-state index contributed by atoms with van der Waals surface area (Å²) in [5.74, 6) is 3.64. The Morgan fingerprint density at radius 1 is 1.35 bits per heavy atom. The van der Waals surface area contributed by atoms with Gasteiger partial charge in [0.2, 0.25) is 5.91 Å². The standard InChI is InChI=1S/C13H23NO2S/c1-14(9-12(15)11-2-3-11)13(16)8-10-4-6-17-7-5-10/h10-12,15H,2-9H2,1H3. The van der Waals surface area contributed by atoms with E-state index in [1.807, 2.05) is 18.8 Å². The molecule has 17 heavy (non-hydrogen) atoms. The van der Waals surface area contributed by atoms with Gasteiger partial charge in [-0.3, -0.25) is 4.79 Å². The lowest BCUT2D eigenvalue weighted by Crippen LogP contribution is -2.36. The van der Waals surface area contributed by atoms with Gasteiger partial charge in [-0.25, -0.2) is 0 Å². The average molecular weight is 257 g/mol. The summed E-state index contributed by atoms with van der Waals surface area (Å²) in [5.41, 5.74) is 0. The molecular weight excluding hydrogens is 234 g/mol. The molecule has 1 aliphatic carbocycles. The third kappa shape index (κ3) is 4.18. The van der Waals surface area contributed by atoms with Crippen LogP contribution in [0, 0.1) is 11.8 Å². The molecular formula is C13H23NO2S. The van der Waals surface area contributed by atoms with Gasteiger partial charge < -0.3 is 10.0 Å². The summed E-state index contributed by atoms with van der Waals surface area (Å²) in [7, 11) is 1.82. The van der Waals surface area contributed by atoms with Gasteiger partial charge in [-0.15, -0.1) is 0 Å². The van der Waals surface area contributed by atoms with Crippen molar-refractivity contribution in [3.63, 3.8) is 0 Å². The SMILES string of the molecule is CN(CC(O)C1CC1)C(=O)CC1CCSCC1. The Labute approximate surface area is 108 Å². The van der Waals surface area contributed by atoms with Crippen molar-refractivity contribution >= 4 is 17.7 Å². The first-order valence-electron chi connectivity index (χ1n) is 6.66. The first kappa shape index (κ1) is 13.2. The van der Waals surface area contributed by atoms with Gasteiger partial charge in [0.05, 0.1) is 6.10 Å². The van der Waals surface area contributed by atoms with Crippen molar-refractivity contribution in [2.75, 3.05) is 25.1 Å². The minimum atomic E-state index is -0.300. The van der Waals surface area contributed by atoms with Gasteiger partial charge in [0, 0.05) is 20.0 Å². The van der Waals surface area contributed by atoms with Crippen LogP contribution < -0.4 is 0 Å². The van der Waals surface area contributed by atoms with Crippen molar-refractivity contribution in [1.82, 2.24) is 4.90 Å². The molecule has 1 N–H and O–H groups in total. The van der Waals surface area contributed by atoms with Crippen LogP contribution in [0.3, 0.4) is 0 Å². The topological polar surface area (TPSA) is 40.5 Å². The number of nitrogens with zero attached hydrogens (tertiary/aromatic N) is 1. The maximum Gasteiger partial charge on any atom is 0.222 e. The van der Waals surface area contributed by atoms with Gasteiger partial charge in [0.1, 0.15) is 0 Å². The number of carbonyl (C=O) groups excluding carboxylic acids is 1. The molecule has 98 valence electrons. The van der Waals surface area contributed by atoms with E-state index in [1.54, 1.807) is 4.90 Å². The summed E-state index contributed by atoms with van der Waals surface area (Å²) in [6, 6.07) is 0. The smallest absolute Gasteiger partial charge is 0.222 e. The minimum Gasteiger partial charge on any atom is -0.391 e. The molecule has 0 aromatic rings. The van der Waals surface area contributed by atoms with Crippen LogP contribution in [-0.4, -0.2) is 47.1 Å². The minimum absolute atomic E-state index is 0.210. The van der Waals surface area contributed by atoms with E-state index >= 15 is 0 Å². The zero-order valence-electron chi connectivity index (χ0n) is 10.6. The molecule has 2 rings (SSSR count). The molecule has 1 unspecified atom stereocenters. The summed E-state index contributed by atoms with van der Waals surface area (Å²) in [5, 5.41) is 9.82. The highest BCUT2D eigenvalue weighted by atomic mass is 32.2. The van der Waals surface area contributed by atoms with Crippen LogP contribution >= 0.6 is 11.8 Å². The van der Waals surface area contributed by atoms with E-state index in [9.17, 15) is 9.90 Å². The van der Waals surface area contributed by atoms with E-state index < -0.39 is 0 Å². The first-order valence-corrected chi connectivity index (χ1v) is 7.82. The highest BCUT2D eigenvalue weighted by Crippen LogP contribution is 2.33. The molecule has 3 nitrogen and oxygen atoms in total. The molecule has 0 bridgehead atoms. The van der Waals surface area contributed by atoms with E-state index in [2.05, 4.69) is 0 Å². The fraction of sp³-hybridized carbons (Fsp3) is 0.923. The Morgan fingerprint density at radius 3 is 2.59 bits per heavy atom. The highest BCUT2D eigenvalue weighted by Gasteiger charge is 2.31. The Balaban J connectivity index is 1.69. The molecule has 0 radical (unpaired) electrons. The van der Waals surface area contributed by atoms with E-state index in [0.29, 0.717) is 24.8 Å². The number of hydrogen-bond acceptors (Lipinski definition) is 3. The molecule has 4 heteroatoms. The molecule has 2 fully saturated rings. The van der Waals surface area contributed by atoms with Crippen LogP contribution in [0.4, 0.5) is 0 Å². The Morgan fingerprint density at radius 2 is 2.00 bits per heavy atom. The fourth-order valence-corrected chi connectivity index (χ4v) is 3.57. The fourth-order valence-electron chi connectivity index (χ4n) is 2.37. The first-order chi connectivity index (χ1) is 8.16. The van der Waals surface area contributed by atoms with Crippen molar-refractivity contribution in [2.24, 2.45) is 11.8 Å². The van der Waals surface area contributed by atoms with Crippen LogP contribution in [0.1, 0.15) is 32.1 Å². The average Bonchev–Trinajstić information content (AvgIpc) is 3.14. The van der Waals surface area contributed by atoms with Crippen molar-refractivity contribution in [2.45, 2.75) is 38.2 Å². The highest BCUT2D eigenvalue weighted by molar-refractivity contribution is 7.99. The molecule has 2 aliphatic rings. The molecule has 1 amide bonds. The summed E-state index contributed by atoms with van der Waals surface area (Å²) in [4.78, 5) is 13.7. The third-order valence-corrected chi connectivity index (χ3v) is 4.91. The van der Waals surface area contributed by atoms with E-state index in [1.165, 1.54) is 24.3 Å². The molecule has 1 heterocycles. The van der Waals surface area contributed by atoms with Crippen LogP contribution in [0.15, 0.2) is 0 Å². The second-order valence-corrected chi connectivity index (χ2v) is 6.66. The number of amides is 1. The summed E-state index contributed by atoms with van der Waals surface area (Å²) < 4.78 is 0. The zero-order chi connectivity index (χ0) is 12.3. The van der Waals surface area contributed by atoms with Gasteiger partial charge in [0.25, 0.3) is 0 Å². The number of hydrogen-bond donors (Lipinski definition) is 1. The van der Waals surface area contributed by atoms with E-state index in [0.717, 1.165) is 12.8 Å². The molecule has 1 saturated carbocycles. The van der Waals surface area contributed by atoms with Crippen LogP contribution in [0.5, 0.6) is 0 Å². The number of aliphatic hydroxyl groups excluding tert-OH is 1. The van der Waals surface area contributed by atoms with Gasteiger partial charge in [-0.2, -0.15) is 11.8 Å². The lowest BCUT2D eigenvalue weighted by atomic mass is 9.98. The largest absolute Gasteiger partial charge is 0.391 e. The lowest BCUT2D eigenvalue weighted by molar-refractivity contribution is -0.132. The quantitative estimate of drug-likeness (QED) is 0.816. The molecule has 1 saturated heterocycles. The number of likely N-dealkylation sites (N-methyl/N-ethyl adjacent to an activating group) is 1. The molecule has 0 aromatic heterocycles. The monoisotopic (exact) mass is 257 g/mol. The number of aliphatic hydroxyl groups is 1. The van der Waals surface area contributed by atoms with Crippen LogP contribution in [-0.2, 0) is 4.79 Å². The second-order valence-electron chi connectivity index (χ2n) is 5.44. The number of rotatable bonds is 5. The molecule has 0 spiro atoms. The van der Waals surface area contributed by atoms with Crippen LogP contribution in [0.2, 0.25) is 0 Å². The van der Waals surface area contributed by atoms with Gasteiger partial charge in [0.15, 0.2) is 0 Å². The third-order valence-electron chi connectivity index (χ3n) is 3.86. The molecule has 1 aliphatic heterocycles. The molecule has 1 atom stereocenters. The van der Waals surface area contributed by atoms with Gasteiger partial charge in [-0.05, 0) is 49.0 Å². The number of carbonyl (C=O) groups is 1. The van der Waals surface area contributed by atoms with Crippen molar-refractivity contribution < 1.29 is 9.90 Å². The predicted octanol–water partition coefficient (Wildman–Crippen LogP) is 1.75. The van der Waals surface area contributed by atoms with E-state index in [4.69, 9.17) is 0 Å². The van der Waals surface area contributed by atoms with Crippen LogP contribution in [0.25, 0.3) is 0 Å². The van der Waals surface area contributed by atoms with E-state index in [-0.39, 0.29) is 12.0 Å². The zero-order valence-corrected chi connectivity index (χ0v) is 11.4. The van der Waals surface area contributed by atoms with Gasteiger partial charge >= 0.3 is 0 Å². The summed E-state index contributed by atoms with van der Waals surface area (Å²) in [6.07, 6.45) is 4.98. The predicted molar refractivity (Wildman–Crippen MR) is 71.0 cm³/mol. The summed E-state index contributed by atoms with van der Waals surface area (Å²) in [6.45, 7) is 0.519. The normalized spacial score (nSPS) is 23.4. The maximum atomic E-state index is 12.0. The van der Waals surface area contributed by atoms with Crippen molar-refractivity contribution in [1.29, 1.82) is 0 Å². The Hall–Kier alpha value is -0.220. The Bertz CT molecular complexity index is 262. The number of thioether (sulfide) groups is 1. The Kier molecular flexibility index (Phi) is 4.74. The lowest BCUT2D eigenvalue weighted by Gasteiger charge is -2.25. The van der Waals surface area contributed by atoms with Crippen molar-refractivity contribution in [3.05, 3.63) is 0 Å².